The molecule has 1 aliphatic rings. The summed E-state index contributed by atoms with van der Waals surface area (Å²) in [7, 11) is 0. The summed E-state index contributed by atoms with van der Waals surface area (Å²) in [5.74, 6) is 0.390. The quantitative estimate of drug-likeness (QED) is 0.646. The molecule has 25 heavy (non-hydrogen) atoms. The summed E-state index contributed by atoms with van der Waals surface area (Å²) in [5.41, 5.74) is 0.544. The molecule has 0 aromatic heterocycles. The van der Waals surface area contributed by atoms with Gasteiger partial charge in [0.05, 0.1) is 10.6 Å². The van der Waals surface area contributed by atoms with E-state index in [-0.39, 0.29) is 17.5 Å². The van der Waals surface area contributed by atoms with E-state index < -0.39 is 0 Å². The van der Waals surface area contributed by atoms with E-state index in [1.165, 1.54) is 0 Å². The maximum Gasteiger partial charge on any atom is 0.319 e. The van der Waals surface area contributed by atoms with Gasteiger partial charge in [0.1, 0.15) is 0 Å². The van der Waals surface area contributed by atoms with Crippen molar-refractivity contribution in [2.75, 3.05) is 25.0 Å². The number of benzene rings is 1. The van der Waals surface area contributed by atoms with Crippen molar-refractivity contribution in [3.05, 3.63) is 28.8 Å². The van der Waals surface area contributed by atoms with Crippen LogP contribution in [0.5, 0.6) is 0 Å². The van der Waals surface area contributed by atoms with E-state index in [1.807, 2.05) is 20.8 Å². The molecule has 7 heteroatoms. The van der Waals surface area contributed by atoms with Crippen LogP contribution in [0.25, 0.3) is 0 Å². The fraction of sp³-hybridized carbons (Fsp3) is 0.556. The molecule has 1 heterocycles. The highest BCUT2D eigenvalue weighted by Crippen LogP contribution is 2.21. The van der Waals surface area contributed by atoms with Gasteiger partial charge in [0.15, 0.2) is 0 Å². The number of carbonyl (C=O) groups excluding carboxylic acids is 2. The molecule has 1 aliphatic heterocycles. The van der Waals surface area contributed by atoms with Crippen LogP contribution in [0.4, 0.5) is 10.5 Å². The lowest BCUT2D eigenvalue weighted by molar-refractivity contribution is 0.0951. The number of nitrogens with one attached hydrogen (secondary N) is 4. The van der Waals surface area contributed by atoms with E-state index >= 15 is 0 Å². The van der Waals surface area contributed by atoms with Crippen molar-refractivity contribution >= 4 is 29.2 Å². The Kier molecular flexibility index (Phi) is 6.67. The lowest BCUT2D eigenvalue weighted by Crippen LogP contribution is -2.43. The van der Waals surface area contributed by atoms with Gasteiger partial charge in [0.2, 0.25) is 0 Å². The first-order chi connectivity index (χ1) is 11.7. The van der Waals surface area contributed by atoms with Crippen LogP contribution in [0.3, 0.4) is 0 Å². The normalized spacial score (nSPS) is 17.2. The smallest absolute Gasteiger partial charge is 0.319 e. The molecular formula is C18H27ClN4O2. The van der Waals surface area contributed by atoms with Crippen LogP contribution >= 0.6 is 11.6 Å². The molecule has 6 nitrogen and oxygen atoms in total. The van der Waals surface area contributed by atoms with Crippen molar-refractivity contribution in [1.29, 1.82) is 0 Å². The fourth-order valence-corrected chi connectivity index (χ4v) is 2.93. The first kappa shape index (κ1) is 19.5. The highest BCUT2D eigenvalue weighted by Gasteiger charge is 2.17. The summed E-state index contributed by atoms with van der Waals surface area (Å²) in [6, 6.07) is 4.56. The Bertz CT molecular complexity index is 622. The maximum atomic E-state index is 12.4. The van der Waals surface area contributed by atoms with E-state index in [0.29, 0.717) is 28.7 Å². The zero-order valence-electron chi connectivity index (χ0n) is 15.0. The summed E-state index contributed by atoms with van der Waals surface area (Å²) >= 11 is 6.14. The Morgan fingerprint density at radius 2 is 2.08 bits per heavy atom. The van der Waals surface area contributed by atoms with Gasteiger partial charge in [0.25, 0.3) is 5.91 Å². The predicted octanol–water partition coefficient (Wildman–Crippen LogP) is 2.99. The number of hydrogen-bond acceptors (Lipinski definition) is 3. The minimum absolute atomic E-state index is 0.226. The topological polar surface area (TPSA) is 82.3 Å². The number of amides is 3. The summed E-state index contributed by atoms with van der Waals surface area (Å²) in [5, 5.41) is 12.1. The number of rotatable bonds is 5. The van der Waals surface area contributed by atoms with E-state index in [4.69, 9.17) is 11.6 Å². The van der Waals surface area contributed by atoms with Crippen LogP contribution in [-0.4, -0.2) is 37.1 Å². The molecule has 0 spiro atoms. The third-order valence-corrected chi connectivity index (χ3v) is 4.29. The molecule has 1 aromatic carbocycles. The average Bonchev–Trinajstić information content (AvgIpc) is 3.00. The number of urea groups is 1. The van der Waals surface area contributed by atoms with E-state index in [2.05, 4.69) is 21.3 Å². The third-order valence-electron chi connectivity index (χ3n) is 3.96. The monoisotopic (exact) mass is 366 g/mol. The van der Waals surface area contributed by atoms with Gasteiger partial charge in [-0.25, -0.2) is 4.79 Å². The Morgan fingerprint density at radius 3 is 2.72 bits per heavy atom. The molecule has 2 rings (SSSR count). The van der Waals surface area contributed by atoms with Gasteiger partial charge in [-0.15, -0.1) is 0 Å². The zero-order chi connectivity index (χ0) is 18.4. The van der Waals surface area contributed by atoms with E-state index in [9.17, 15) is 9.59 Å². The number of anilines is 1. The Balaban J connectivity index is 1.92. The summed E-state index contributed by atoms with van der Waals surface area (Å²) in [6.45, 7) is 8.37. The fourth-order valence-electron chi connectivity index (χ4n) is 2.73. The van der Waals surface area contributed by atoms with Gasteiger partial charge < -0.3 is 21.3 Å². The second kappa shape index (κ2) is 8.54. The van der Waals surface area contributed by atoms with Crippen LogP contribution in [0.2, 0.25) is 5.02 Å². The van der Waals surface area contributed by atoms with Crippen LogP contribution in [0.15, 0.2) is 18.2 Å². The van der Waals surface area contributed by atoms with Gasteiger partial charge >= 0.3 is 6.03 Å². The van der Waals surface area contributed by atoms with Crippen molar-refractivity contribution in [2.45, 2.75) is 39.2 Å². The maximum absolute atomic E-state index is 12.4. The molecule has 3 amide bonds. The van der Waals surface area contributed by atoms with Gasteiger partial charge in [-0.05, 0) is 70.8 Å². The molecule has 1 saturated heterocycles. The molecule has 1 aromatic rings. The minimum atomic E-state index is -0.341. The lowest BCUT2D eigenvalue weighted by Gasteiger charge is -2.21. The van der Waals surface area contributed by atoms with Gasteiger partial charge in [-0.3, -0.25) is 4.79 Å². The highest BCUT2D eigenvalue weighted by atomic mass is 35.5. The van der Waals surface area contributed by atoms with Gasteiger partial charge in [-0.1, -0.05) is 11.6 Å². The molecule has 1 fully saturated rings. The van der Waals surface area contributed by atoms with Crippen molar-refractivity contribution in [1.82, 2.24) is 16.0 Å². The predicted molar refractivity (Wildman–Crippen MR) is 101 cm³/mol. The molecule has 138 valence electrons. The molecule has 0 bridgehead atoms. The SMILES string of the molecule is CC(C)(C)NC(=O)Nc1ccc(Cl)c(C(=O)NCCC2CCNC2)c1. The first-order valence-electron chi connectivity index (χ1n) is 8.62. The van der Waals surface area contributed by atoms with Crippen LogP contribution in [0.1, 0.15) is 44.0 Å². The summed E-state index contributed by atoms with van der Waals surface area (Å²) < 4.78 is 0. The highest BCUT2D eigenvalue weighted by molar-refractivity contribution is 6.34. The average molecular weight is 367 g/mol. The number of carbonyl (C=O) groups is 2. The Hall–Kier alpha value is -1.79. The molecule has 1 unspecified atom stereocenters. The molecule has 0 saturated carbocycles. The molecule has 1 atom stereocenters. The van der Waals surface area contributed by atoms with Crippen LogP contribution in [-0.2, 0) is 0 Å². The van der Waals surface area contributed by atoms with Gasteiger partial charge in [0, 0.05) is 17.8 Å². The van der Waals surface area contributed by atoms with E-state index in [0.717, 1.165) is 25.9 Å². The zero-order valence-corrected chi connectivity index (χ0v) is 15.8. The summed E-state index contributed by atoms with van der Waals surface area (Å²) in [4.78, 5) is 24.3. The second-order valence-corrected chi connectivity index (χ2v) is 7.83. The van der Waals surface area contributed by atoms with Crippen molar-refractivity contribution < 1.29 is 9.59 Å². The largest absolute Gasteiger partial charge is 0.352 e. The number of hydrogen-bond donors (Lipinski definition) is 4. The second-order valence-electron chi connectivity index (χ2n) is 7.43. The Labute approximate surface area is 154 Å². The first-order valence-corrected chi connectivity index (χ1v) is 9.00. The molecular weight excluding hydrogens is 340 g/mol. The van der Waals surface area contributed by atoms with E-state index in [1.54, 1.807) is 18.2 Å². The van der Waals surface area contributed by atoms with Crippen molar-refractivity contribution in [3.63, 3.8) is 0 Å². The lowest BCUT2D eigenvalue weighted by atomic mass is 10.1. The Morgan fingerprint density at radius 1 is 1.32 bits per heavy atom. The molecule has 0 radical (unpaired) electrons. The summed E-state index contributed by atoms with van der Waals surface area (Å²) in [6.07, 6.45) is 2.10. The van der Waals surface area contributed by atoms with Gasteiger partial charge in [-0.2, -0.15) is 0 Å². The molecule has 4 N–H and O–H groups in total. The standard InChI is InChI=1S/C18H27ClN4O2/c1-18(2,3)23-17(25)22-13-4-5-15(19)14(10-13)16(24)21-9-7-12-6-8-20-11-12/h4-5,10,12,20H,6-9,11H2,1-3H3,(H,21,24)(H2,22,23,25). The number of halogens is 1. The van der Waals surface area contributed by atoms with Crippen molar-refractivity contribution in [3.8, 4) is 0 Å². The third kappa shape index (κ3) is 6.55. The van der Waals surface area contributed by atoms with Crippen LogP contribution < -0.4 is 21.3 Å². The van der Waals surface area contributed by atoms with Crippen LogP contribution in [0, 0.1) is 5.92 Å². The van der Waals surface area contributed by atoms with Crippen molar-refractivity contribution in [2.24, 2.45) is 5.92 Å². The minimum Gasteiger partial charge on any atom is -0.352 e. The molecule has 0 aliphatic carbocycles.